The molecule has 8 nitrogen and oxygen atoms in total. The van der Waals surface area contributed by atoms with Gasteiger partial charge in [0.25, 0.3) is 0 Å². The van der Waals surface area contributed by atoms with E-state index in [1.165, 1.54) is 27.9 Å². The zero-order valence-electron chi connectivity index (χ0n) is 12.9. The maximum absolute atomic E-state index is 11.9. The van der Waals surface area contributed by atoms with Crippen molar-refractivity contribution in [2.45, 2.75) is 39.3 Å². The van der Waals surface area contributed by atoms with Crippen molar-refractivity contribution < 1.29 is 13.2 Å². The number of rotatable bonds is 8. The summed E-state index contributed by atoms with van der Waals surface area (Å²) in [6.07, 6.45) is 4.60. The Bertz CT molecular complexity index is 541. The number of hydrogen-bond donors (Lipinski definition) is 1. The van der Waals surface area contributed by atoms with E-state index in [9.17, 15) is 13.2 Å². The molecular formula is C12H23N5O3S. The van der Waals surface area contributed by atoms with Gasteiger partial charge in [0.1, 0.15) is 18.7 Å². The molecule has 0 saturated carbocycles. The molecule has 0 aromatic carbocycles. The standard InChI is InChI=1S/C12H23N5O3S/c1-10(2)17(21(4,19)20)7-5-6-14-12(18)11(3)16-9-13-8-15-16/h8-11H,5-7H2,1-4H3,(H,14,18)/t11-/m0/s1. The second-order valence-corrected chi connectivity index (χ2v) is 7.10. The van der Waals surface area contributed by atoms with Gasteiger partial charge >= 0.3 is 0 Å². The van der Waals surface area contributed by atoms with Gasteiger partial charge in [-0.25, -0.2) is 18.1 Å². The lowest BCUT2D eigenvalue weighted by atomic mass is 10.3. The third-order valence-corrected chi connectivity index (χ3v) is 4.53. The maximum atomic E-state index is 11.9. The van der Waals surface area contributed by atoms with Crippen molar-refractivity contribution in [3.63, 3.8) is 0 Å². The van der Waals surface area contributed by atoms with Crippen LogP contribution in [-0.2, 0) is 14.8 Å². The molecule has 1 aromatic rings. The van der Waals surface area contributed by atoms with Crippen LogP contribution in [0.5, 0.6) is 0 Å². The Balaban J connectivity index is 2.38. The summed E-state index contributed by atoms with van der Waals surface area (Å²) in [7, 11) is -3.22. The fourth-order valence-electron chi connectivity index (χ4n) is 1.94. The molecule has 0 aliphatic rings. The van der Waals surface area contributed by atoms with Crippen LogP contribution >= 0.6 is 0 Å². The predicted molar refractivity (Wildman–Crippen MR) is 79.0 cm³/mol. The van der Waals surface area contributed by atoms with E-state index in [1.807, 2.05) is 13.8 Å². The SMILES string of the molecule is CC(C)N(CCCNC(=O)[C@H](C)n1cncn1)S(C)(=O)=O. The molecule has 0 radical (unpaired) electrons. The average molecular weight is 317 g/mol. The van der Waals surface area contributed by atoms with Gasteiger partial charge in [-0.05, 0) is 27.2 Å². The van der Waals surface area contributed by atoms with E-state index in [4.69, 9.17) is 0 Å². The normalized spacial score (nSPS) is 13.6. The molecule has 1 atom stereocenters. The first-order chi connectivity index (χ1) is 9.73. The molecule has 0 aliphatic carbocycles. The van der Waals surface area contributed by atoms with Gasteiger partial charge in [-0.3, -0.25) is 4.79 Å². The summed E-state index contributed by atoms with van der Waals surface area (Å²) in [5.74, 6) is -0.170. The largest absolute Gasteiger partial charge is 0.354 e. The summed E-state index contributed by atoms with van der Waals surface area (Å²) in [6, 6.07) is -0.534. The Hall–Kier alpha value is -1.48. The van der Waals surface area contributed by atoms with Gasteiger partial charge in [0.15, 0.2) is 0 Å². The Labute approximate surface area is 125 Å². The first kappa shape index (κ1) is 17.6. The topological polar surface area (TPSA) is 97.2 Å². The van der Waals surface area contributed by atoms with Crippen LogP contribution in [0.2, 0.25) is 0 Å². The van der Waals surface area contributed by atoms with Crippen molar-refractivity contribution in [3.8, 4) is 0 Å². The fraction of sp³-hybridized carbons (Fsp3) is 0.750. The highest BCUT2D eigenvalue weighted by atomic mass is 32.2. The Morgan fingerprint density at radius 3 is 2.52 bits per heavy atom. The lowest BCUT2D eigenvalue weighted by Crippen LogP contribution is -2.39. The third-order valence-electron chi connectivity index (χ3n) is 3.07. The zero-order chi connectivity index (χ0) is 16.0. The number of hydrogen-bond acceptors (Lipinski definition) is 5. The zero-order valence-corrected chi connectivity index (χ0v) is 13.7. The summed E-state index contributed by atoms with van der Waals surface area (Å²) in [5.41, 5.74) is 0. The lowest BCUT2D eigenvalue weighted by molar-refractivity contribution is -0.124. The quantitative estimate of drug-likeness (QED) is 0.682. The van der Waals surface area contributed by atoms with E-state index in [0.29, 0.717) is 19.5 Å². The second-order valence-electron chi connectivity index (χ2n) is 5.16. The van der Waals surface area contributed by atoms with Crippen molar-refractivity contribution in [1.29, 1.82) is 0 Å². The number of aromatic nitrogens is 3. The van der Waals surface area contributed by atoms with E-state index >= 15 is 0 Å². The summed E-state index contributed by atoms with van der Waals surface area (Å²) >= 11 is 0. The third kappa shape index (κ3) is 5.43. The predicted octanol–water partition coefficient (Wildman–Crippen LogP) is 0.0154. The number of nitrogens with zero attached hydrogens (tertiary/aromatic N) is 4. The maximum Gasteiger partial charge on any atom is 0.244 e. The van der Waals surface area contributed by atoms with Gasteiger partial charge in [-0.1, -0.05) is 0 Å². The molecule has 1 N–H and O–H groups in total. The molecule has 120 valence electrons. The van der Waals surface area contributed by atoms with Crippen LogP contribution in [-0.4, -0.2) is 58.8 Å². The second kappa shape index (κ2) is 7.51. The summed E-state index contributed by atoms with van der Waals surface area (Å²) < 4.78 is 26.1. The van der Waals surface area contributed by atoms with Crippen LogP contribution in [0.4, 0.5) is 0 Å². The highest BCUT2D eigenvalue weighted by molar-refractivity contribution is 7.88. The first-order valence-corrected chi connectivity index (χ1v) is 8.67. The van der Waals surface area contributed by atoms with Crippen molar-refractivity contribution in [1.82, 2.24) is 24.4 Å². The molecule has 1 rings (SSSR count). The van der Waals surface area contributed by atoms with E-state index in [0.717, 1.165) is 0 Å². The van der Waals surface area contributed by atoms with Gasteiger partial charge < -0.3 is 5.32 Å². The molecule has 1 heterocycles. The minimum atomic E-state index is -3.22. The van der Waals surface area contributed by atoms with E-state index < -0.39 is 16.1 Å². The van der Waals surface area contributed by atoms with E-state index in [1.54, 1.807) is 6.92 Å². The van der Waals surface area contributed by atoms with E-state index in [2.05, 4.69) is 15.4 Å². The number of amides is 1. The monoisotopic (exact) mass is 317 g/mol. The molecule has 0 saturated heterocycles. The molecule has 21 heavy (non-hydrogen) atoms. The lowest BCUT2D eigenvalue weighted by Gasteiger charge is -2.24. The van der Waals surface area contributed by atoms with Gasteiger partial charge in [0.2, 0.25) is 15.9 Å². The Kier molecular flexibility index (Phi) is 6.28. The average Bonchev–Trinajstić information content (AvgIpc) is 2.88. The Morgan fingerprint density at radius 2 is 2.05 bits per heavy atom. The molecule has 0 unspecified atom stereocenters. The summed E-state index contributed by atoms with van der Waals surface area (Å²) in [4.78, 5) is 15.7. The molecule has 0 fully saturated rings. The van der Waals surface area contributed by atoms with Gasteiger partial charge in [0, 0.05) is 19.1 Å². The molecule has 9 heteroatoms. The highest BCUT2D eigenvalue weighted by Crippen LogP contribution is 2.06. The highest BCUT2D eigenvalue weighted by Gasteiger charge is 2.20. The van der Waals surface area contributed by atoms with Crippen LogP contribution in [0.25, 0.3) is 0 Å². The van der Waals surface area contributed by atoms with Crippen molar-refractivity contribution in [2.24, 2.45) is 0 Å². The molecule has 0 spiro atoms. The Morgan fingerprint density at radius 1 is 1.38 bits per heavy atom. The van der Waals surface area contributed by atoms with Crippen LogP contribution in [0.1, 0.15) is 33.2 Å². The van der Waals surface area contributed by atoms with Crippen LogP contribution in [0, 0.1) is 0 Å². The number of carbonyl (C=O) groups is 1. The molecule has 0 bridgehead atoms. The summed E-state index contributed by atoms with van der Waals surface area (Å²) in [5, 5.41) is 6.67. The van der Waals surface area contributed by atoms with Crippen LogP contribution in [0.15, 0.2) is 12.7 Å². The minimum Gasteiger partial charge on any atom is -0.354 e. The number of nitrogens with one attached hydrogen (secondary N) is 1. The van der Waals surface area contributed by atoms with Crippen LogP contribution < -0.4 is 5.32 Å². The molecule has 0 aliphatic heterocycles. The van der Waals surface area contributed by atoms with Gasteiger partial charge in [0.05, 0.1) is 6.26 Å². The summed E-state index contributed by atoms with van der Waals surface area (Å²) in [6.45, 7) is 6.17. The van der Waals surface area contributed by atoms with Crippen LogP contribution in [0.3, 0.4) is 0 Å². The minimum absolute atomic E-state index is 0.0928. The fourth-order valence-corrected chi connectivity index (χ4v) is 3.17. The number of sulfonamides is 1. The van der Waals surface area contributed by atoms with Gasteiger partial charge in [-0.15, -0.1) is 0 Å². The van der Waals surface area contributed by atoms with Crippen molar-refractivity contribution in [3.05, 3.63) is 12.7 Å². The van der Waals surface area contributed by atoms with Gasteiger partial charge in [-0.2, -0.15) is 9.40 Å². The first-order valence-electron chi connectivity index (χ1n) is 6.82. The molecular weight excluding hydrogens is 294 g/mol. The smallest absolute Gasteiger partial charge is 0.244 e. The van der Waals surface area contributed by atoms with Crippen molar-refractivity contribution >= 4 is 15.9 Å². The van der Waals surface area contributed by atoms with E-state index in [-0.39, 0.29) is 11.9 Å². The van der Waals surface area contributed by atoms with Crippen molar-refractivity contribution in [2.75, 3.05) is 19.3 Å². The number of carbonyl (C=O) groups excluding carboxylic acids is 1. The molecule has 1 aromatic heterocycles. The molecule has 1 amide bonds.